The van der Waals surface area contributed by atoms with E-state index in [2.05, 4.69) is 9.97 Å². The molecule has 1 heterocycles. The third-order valence-corrected chi connectivity index (χ3v) is 3.36. The van der Waals surface area contributed by atoms with E-state index in [0.29, 0.717) is 22.9 Å². The van der Waals surface area contributed by atoms with Gasteiger partial charge < -0.3 is 4.74 Å². The van der Waals surface area contributed by atoms with Gasteiger partial charge in [0.15, 0.2) is 0 Å². The van der Waals surface area contributed by atoms with E-state index >= 15 is 0 Å². The quantitative estimate of drug-likeness (QED) is 0.657. The second kappa shape index (κ2) is 6.31. The molecule has 0 aliphatic carbocycles. The Labute approximate surface area is 136 Å². The average Bonchev–Trinajstić information content (AvgIpc) is 2.54. The van der Waals surface area contributed by atoms with Gasteiger partial charge in [0.05, 0.1) is 11.3 Å². The van der Waals surface area contributed by atoms with Crippen LogP contribution in [0.15, 0.2) is 60.9 Å². The van der Waals surface area contributed by atoms with Gasteiger partial charge in [0.2, 0.25) is 5.88 Å². The van der Waals surface area contributed by atoms with Crippen molar-refractivity contribution in [2.75, 3.05) is 0 Å². The molecule has 3 aromatic rings. The Morgan fingerprint density at radius 1 is 0.917 bits per heavy atom. The lowest BCUT2D eigenvalue weighted by atomic mass is 10.1. The van der Waals surface area contributed by atoms with Gasteiger partial charge in [0, 0.05) is 11.6 Å². The lowest BCUT2D eigenvalue weighted by Gasteiger charge is -2.09. The van der Waals surface area contributed by atoms with Crippen molar-refractivity contribution < 1.29 is 17.9 Å². The van der Waals surface area contributed by atoms with Crippen LogP contribution in [0.4, 0.5) is 13.2 Å². The zero-order valence-corrected chi connectivity index (χ0v) is 12.7. The topological polar surface area (TPSA) is 35.0 Å². The Morgan fingerprint density at radius 2 is 1.67 bits per heavy atom. The van der Waals surface area contributed by atoms with Crippen LogP contribution in [0, 0.1) is 6.92 Å². The SMILES string of the molecule is Cc1cccc(Oc2cc(-c3ccc(C(F)(F)F)cc3)ncn2)c1. The highest BCUT2D eigenvalue weighted by atomic mass is 19.4. The van der Waals surface area contributed by atoms with Crippen LogP contribution in [0.25, 0.3) is 11.3 Å². The molecule has 0 aliphatic heterocycles. The first kappa shape index (κ1) is 16.0. The molecule has 3 nitrogen and oxygen atoms in total. The fraction of sp³-hybridized carbons (Fsp3) is 0.111. The molecule has 0 fully saturated rings. The minimum Gasteiger partial charge on any atom is -0.439 e. The second-order valence-corrected chi connectivity index (χ2v) is 5.24. The van der Waals surface area contributed by atoms with Crippen molar-refractivity contribution in [2.24, 2.45) is 0 Å². The Hall–Kier alpha value is -2.89. The smallest absolute Gasteiger partial charge is 0.416 e. The van der Waals surface area contributed by atoms with Gasteiger partial charge >= 0.3 is 6.18 Å². The zero-order chi connectivity index (χ0) is 17.2. The summed E-state index contributed by atoms with van der Waals surface area (Å²) in [7, 11) is 0. The maximum absolute atomic E-state index is 12.6. The zero-order valence-electron chi connectivity index (χ0n) is 12.7. The summed E-state index contributed by atoms with van der Waals surface area (Å²) < 4.78 is 43.5. The molecule has 1 aromatic heterocycles. The number of alkyl halides is 3. The van der Waals surface area contributed by atoms with Gasteiger partial charge in [0.1, 0.15) is 12.1 Å². The van der Waals surface area contributed by atoms with Crippen LogP contribution < -0.4 is 4.74 Å². The van der Waals surface area contributed by atoms with Crippen LogP contribution in [0.1, 0.15) is 11.1 Å². The molecule has 0 unspecified atom stereocenters. The first-order chi connectivity index (χ1) is 11.4. The summed E-state index contributed by atoms with van der Waals surface area (Å²) >= 11 is 0. The lowest BCUT2D eigenvalue weighted by Crippen LogP contribution is -2.04. The fourth-order valence-electron chi connectivity index (χ4n) is 2.18. The van der Waals surface area contributed by atoms with E-state index in [1.54, 1.807) is 12.1 Å². The van der Waals surface area contributed by atoms with Gasteiger partial charge in [0.25, 0.3) is 0 Å². The van der Waals surface area contributed by atoms with Crippen LogP contribution in [-0.4, -0.2) is 9.97 Å². The number of benzene rings is 2. The van der Waals surface area contributed by atoms with Crippen molar-refractivity contribution in [3.63, 3.8) is 0 Å². The third kappa shape index (κ3) is 3.71. The van der Waals surface area contributed by atoms with E-state index in [9.17, 15) is 13.2 Å². The summed E-state index contributed by atoms with van der Waals surface area (Å²) in [5.41, 5.74) is 1.39. The maximum atomic E-state index is 12.6. The van der Waals surface area contributed by atoms with Crippen LogP contribution in [0.2, 0.25) is 0 Å². The number of hydrogen-bond acceptors (Lipinski definition) is 3. The highest BCUT2D eigenvalue weighted by Crippen LogP contribution is 2.31. The van der Waals surface area contributed by atoms with Gasteiger partial charge in [-0.25, -0.2) is 9.97 Å². The van der Waals surface area contributed by atoms with Crippen molar-refractivity contribution in [3.8, 4) is 22.9 Å². The van der Waals surface area contributed by atoms with Crippen molar-refractivity contribution in [1.82, 2.24) is 9.97 Å². The van der Waals surface area contributed by atoms with Crippen LogP contribution in [0.5, 0.6) is 11.6 Å². The average molecular weight is 330 g/mol. The molecular formula is C18H13F3N2O. The lowest BCUT2D eigenvalue weighted by molar-refractivity contribution is -0.137. The molecule has 0 radical (unpaired) electrons. The molecule has 0 saturated carbocycles. The number of aromatic nitrogens is 2. The van der Waals surface area contributed by atoms with E-state index in [4.69, 9.17) is 4.74 Å². The minimum atomic E-state index is -4.36. The van der Waals surface area contributed by atoms with Crippen molar-refractivity contribution in [1.29, 1.82) is 0 Å². The van der Waals surface area contributed by atoms with Gasteiger partial charge in [-0.15, -0.1) is 0 Å². The molecule has 0 bridgehead atoms. The Morgan fingerprint density at radius 3 is 2.33 bits per heavy atom. The normalized spacial score (nSPS) is 11.3. The molecule has 6 heteroatoms. The first-order valence-electron chi connectivity index (χ1n) is 7.16. The van der Waals surface area contributed by atoms with Gasteiger partial charge in [-0.1, -0.05) is 24.3 Å². The summed E-state index contributed by atoms with van der Waals surface area (Å²) in [4.78, 5) is 8.12. The first-order valence-corrected chi connectivity index (χ1v) is 7.16. The Balaban J connectivity index is 1.85. The summed E-state index contributed by atoms with van der Waals surface area (Å²) in [6.45, 7) is 1.94. The van der Waals surface area contributed by atoms with E-state index in [0.717, 1.165) is 17.7 Å². The largest absolute Gasteiger partial charge is 0.439 e. The number of hydrogen-bond donors (Lipinski definition) is 0. The minimum absolute atomic E-state index is 0.325. The molecule has 0 spiro atoms. The van der Waals surface area contributed by atoms with E-state index in [1.165, 1.54) is 18.5 Å². The van der Waals surface area contributed by atoms with Gasteiger partial charge in [-0.2, -0.15) is 13.2 Å². The predicted molar refractivity (Wildman–Crippen MR) is 83.7 cm³/mol. The Kier molecular flexibility index (Phi) is 4.20. The highest BCUT2D eigenvalue weighted by molar-refractivity contribution is 5.60. The second-order valence-electron chi connectivity index (χ2n) is 5.24. The molecule has 24 heavy (non-hydrogen) atoms. The molecule has 0 saturated heterocycles. The molecule has 0 atom stereocenters. The standard InChI is InChI=1S/C18H13F3N2O/c1-12-3-2-4-15(9-12)24-17-10-16(22-11-23-17)13-5-7-14(8-6-13)18(19,20)21/h2-11H,1H3. The number of rotatable bonds is 3. The molecule has 2 aromatic carbocycles. The molecule has 0 aliphatic rings. The maximum Gasteiger partial charge on any atom is 0.416 e. The molecular weight excluding hydrogens is 317 g/mol. The van der Waals surface area contributed by atoms with Crippen molar-refractivity contribution >= 4 is 0 Å². The summed E-state index contributed by atoms with van der Waals surface area (Å²) in [6.07, 6.45) is -3.04. The Bertz CT molecular complexity index is 845. The van der Waals surface area contributed by atoms with E-state index in [-0.39, 0.29) is 0 Å². The molecule has 3 rings (SSSR count). The van der Waals surface area contributed by atoms with Crippen LogP contribution >= 0.6 is 0 Å². The highest BCUT2D eigenvalue weighted by Gasteiger charge is 2.30. The van der Waals surface area contributed by atoms with Crippen LogP contribution in [-0.2, 0) is 6.18 Å². The van der Waals surface area contributed by atoms with Crippen molar-refractivity contribution in [2.45, 2.75) is 13.1 Å². The number of halogens is 3. The van der Waals surface area contributed by atoms with Gasteiger partial charge in [-0.3, -0.25) is 0 Å². The summed E-state index contributed by atoms with van der Waals surface area (Å²) in [5.74, 6) is 0.956. The third-order valence-electron chi connectivity index (χ3n) is 3.36. The summed E-state index contributed by atoms with van der Waals surface area (Å²) in [6, 6.07) is 13.9. The summed E-state index contributed by atoms with van der Waals surface area (Å²) in [5, 5.41) is 0. The molecule has 0 amide bonds. The molecule has 0 N–H and O–H groups in total. The monoisotopic (exact) mass is 330 g/mol. The van der Waals surface area contributed by atoms with Crippen LogP contribution in [0.3, 0.4) is 0 Å². The predicted octanol–water partition coefficient (Wildman–Crippen LogP) is 5.26. The number of ether oxygens (including phenoxy) is 1. The van der Waals surface area contributed by atoms with E-state index < -0.39 is 11.7 Å². The van der Waals surface area contributed by atoms with E-state index in [1.807, 2.05) is 25.1 Å². The van der Waals surface area contributed by atoms with Crippen molar-refractivity contribution in [3.05, 3.63) is 72.1 Å². The number of aryl methyl sites for hydroxylation is 1. The fourth-order valence-corrected chi connectivity index (χ4v) is 2.18. The number of nitrogens with zero attached hydrogens (tertiary/aromatic N) is 2. The molecule has 122 valence electrons. The van der Waals surface area contributed by atoms with Gasteiger partial charge in [-0.05, 0) is 36.8 Å².